The molecule has 0 aliphatic heterocycles. The SMILES string of the molecule is Cc1ccc(C(=O)Nc2ncccc2C)c(NN)c1. The molecule has 0 radical (unpaired) electrons. The fourth-order valence-electron chi connectivity index (χ4n) is 1.77. The molecule has 0 aliphatic rings. The molecule has 19 heavy (non-hydrogen) atoms. The van der Waals surface area contributed by atoms with Crippen molar-refractivity contribution < 1.29 is 4.79 Å². The molecule has 0 bridgehead atoms. The molecule has 2 rings (SSSR count). The Morgan fingerprint density at radius 3 is 2.74 bits per heavy atom. The van der Waals surface area contributed by atoms with Crippen LogP contribution in [0, 0.1) is 13.8 Å². The van der Waals surface area contributed by atoms with Crippen LogP contribution in [0.1, 0.15) is 21.5 Å². The van der Waals surface area contributed by atoms with Crippen LogP contribution in [0.25, 0.3) is 0 Å². The second-order valence-electron chi connectivity index (χ2n) is 4.32. The Hall–Kier alpha value is -2.40. The Morgan fingerprint density at radius 2 is 2.05 bits per heavy atom. The molecule has 0 aliphatic carbocycles. The molecule has 0 saturated heterocycles. The van der Waals surface area contributed by atoms with Crippen molar-refractivity contribution >= 4 is 17.4 Å². The number of benzene rings is 1. The smallest absolute Gasteiger partial charge is 0.258 e. The van der Waals surface area contributed by atoms with E-state index < -0.39 is 0 Å². The number of anilines is 2. The molecular weight excluding hydrogens is 240 g/mol. The number of hydrazine groups is 1. The summed E-state index contributed by atoms with van der Waals surface area (Å²) < 4.78 is 0. The summed E-state index contributed by atoms with van der Waals surface area (Å²) in [6.45, 7) is 3.82. The van der Waals surface area contributed by atoms with E-state index in [1.54, 1.807) is 12.3 Å². The number of pyridine rings is 1. The number of carbonyl (C=O) groups is 1. The van der Waals surface area contributed by atoms with Crippen molar-refractivity contribution in [3.05, 3.63) is 53.2 Å². The van der Waals surface area contributed by atoms with Gasteiger partial charge in [-0.2, -0.15) is 0 Å². The molecule has 0 saturated carbocycles. The molecule has 1 aromatic heterocycles. The Morgan fingerprint density at radius 1 is 1.26 bits per heavy atom. The first-order valence-electron chi connectivity index (χ1n) is 5.92. The molecule has 0 unspecified atom stereocenters. The molecule has 2 aromatic rings. The number of hydrogen-bond donors (Lipinski definition) is 3. The van der Waals surface area contributed by atoms with E-state index in [1.165, 1.54) is 0 Å². The fourth-order valence-corrected chi connectivity index (χ4v) is 1.77. The van der Waals surface area contributed by atoms with Crippen LogP contribution in [-0.2, 0) is 0 Å². The second-order valence-corrected chi connectivity index (χ2v) is 4.32. The number of aromatic nitrogens is 1. The maximum Gasteiger partial charge on any atom is 0.258 e. The summed E-state index contributed by atoms with van der Waals surface area (Å²) in [4.78, 5) is 16.3. The summed E-state index contributed by atoms with van der Waals surface area (Å²) in [5.41, 5.74) is 5.54. The van der Waals surface area contributed by atoms with Crippen molar-refractivity contribution in [1.29, 1.82) is 0 Å². The van der Waals surface area contributed by atoms with E-state index in [-0.39, 0.29) is 5.91 Å². The zero-order valence-corrected chi connectivity index (χ0v) is 10.9. The third-order valence-electron chi connectivity index (χ3n) is 2.82. The zero-order chi connectivity index (χ0) is 13.8. The van der Waals surface area contributed by atoms with Crippen LogP contribution in [0.4, 0.5) is 11.5 Å². The van der Waals surface area contributed by atoms with Crippen LogP contribution in [0.15, 0.2) is 36.5 Å². The minimum Gasteiger partial charge on any atom is -0.323 e. The van der Waals surface area contributed by atoms with Gasteiger partial charge in [-0.15, -0.1) is 0 Å². The Bertz CT molecular complexity index is 610. The van der Waals surface area contributed by atoms with E-state index in [0.717, 1.165) is 11.1 Å². The molecular formula is C14H16N4O. The van der Waals surface area contributed by atoms with Crippen molar-refractivity contribution in [1.82, 2.24) is 4.98 Å². The van der Waals surface area contributed by atoms with E-state index in [1.807, 2.05) is 38.1 Å². The van der Waals surface area contributed by atoms with Gasteiger partial charge in [-0.3, -0.25) is 10.6 Å². The number of aryl methyl sites for hydroxylation is 2. The molecule has 0 atom stereocenters. The average Bonchev–Trinajstić information content (AvgIpc) is 2.41. The lowest BCUT2D eigenvalue weighted by molar-refractivity contribution is 0.102. The van der Waals surface area contributed by atoms with Crippen LogP contribution in [-0.4, -0.2) is 10.9 Å². The highest BCUT2D eigenvalue weighted by molar-refractivity contribution is 6.07. The maximum absolute atomic E-state index is 12.2. The quantitative estimate of drug-likeness (QED) is 0.581. The standard InChI is InChI=1S/C14H16N4O/c1-9-5-6-11(12(8-9)18-15)14(19)17-13-10(2)4-3-7-16-13/h3-8,18H,15H2,1-2H3,(H,16,17,19). The van der Waals surface area contributed by atoms with Crippen molar-refractivity contribution in [3.63, 3.8) is 0 Å². The third kappa shape index (κ3) is 2.89. The van der Waals surface area contributed by atoms with Crippen molar-refractivity contribution in [2.24, 2.45) is 5.84 Å². The van der Waals surface area contributed by atoms with Gasteiger partial charge in [-0.25, -0.2) is 4.98 Å². The Kier molecular flexibility index (Phi) is 3.77. The Balaban J connectivity index is 2.28. The first-order valence-corrected chi connectivity index (χ1v) is 5.92. The van der Waals surface area contributed by atoms with Gasteiger partial charge in [-0.1, -0.05) is 12.1 Å². The Labute approximate surface area is 111 Å². The second kappa shape index (κ2) is 5.49. The fraction of sp³-hybridized carbons (Fsp3) is 0.143. The van der Waals surface area contributed by atoms with E-state index >= 15 is 0 Å². The topological polar surface area (TPSA) is 80.0 Å². The number of nitrogens with two attached hydrogens (primary N) is 1. The lowest BCUT2D eigenvalue weighted by Gasteiger charge is -2.11. The third-order valence-corrected chi connectivity index (χ3v) is 2.82. The lowest BCUT2D eigenvalue weighted by atomic mass is 10.1. The lowest BCUT2D eigenvalue weighted by Crippen LogP contribution is -2.18. The summed E-state index contributed by atoms with van der Waals surface area (Å²) in [6.07, 6.45) is 1.64. The number of carbonyl (C=O) groups excluding carboxylic acids is 1. The van der Waals surface area contributed by atoms with E-state index in [0.29, 0.717) is 17.1 Å². The van der Waals surface area contributed by atoms with E-state index in [9.17, 15) is 4.79 Å². The van der Waals surface area contributed by atoms with Crippen molar-refractivity contribution in [2.45, 2.75) is 13.8 Å². The molecule has 0 spiro atoms. The number of hydrogen-bond acceptors (Lipinski definition) is 4. The van der Waals surface area contributed by atoms with E-state index in [4.69, 9.17) is 5.84 Å². The van der Waals surface area contributed by atoms with Gasteiger partial charge in [0, 0.05) is 6.20 Å². The summed E-state index contributed by atoms with van der Waals surface area (Å²) in [5.74, 6) is 5.75. The summed E-state index contributed by atoms with van der Waals surface area (Å²) in [5, 5.41) is 2.78. The van der Waals surface area contributed by atoms with Gasteiger partial charge in [0.25, 0.3) is 5.91 Å². The number of amides is 1. The highest BCUT2D eigenvalue weighted by Gasteiger charge is 2.12. The van der Waals surface area contributed by atoms with E-state index in [2.05, 4.69) is 15.7 Å². The minimum absolute atomic E-state index is 0.241. The van der Waals surface area contributed by atoms with Gasteiger partial charge < -0.3 is 10.7 Å². The largest absolute Gasteiger partial charge is 0.323 e. The molecule has 1 aromatic carbocycles. The highest BCUT2D eigenvalue weighted by atomic mass is 16.1. The van der Waals surface area contributed by atoms with Crippen molar-refractivity contribution in [3.8, 4) is 0 Å². The monoisotopic (exact) mass is 256 g/mol. The molecule has 5 heteroatoms. The van der Waals surface area contributed by atoms with Gasteiger partial charge in [0.1, 0.15) is 5.82 Å². The first kappa shape index (κ1) is 13.0. The predicted octanol–water partition coefficient (Wildman–Crippen LogP) is 2.24. The molecule has 1 heterocycles. The normalized spacial score (nSPS) is 10.1. The molecule has 5 nitrogen and oxygen atoms in total. The molecule has 1 amide bonds. The number of rotatable bonds is 3. The van der Waals surface area contributed by atoms with Gasteiger partial charge >= 0.3 is 0 Å². The summed E-state index contributed by atoms with van der Waals surface area (Å²) in [6, 6.07) is 9.13. The number of nitrogens with one attached hydrogen (secondary N) is 2. The molecule has 4 N–H and O–H groups in total. The number of nitrogen functional groups attached to an aromatic ring is 1. The summed E-state index contributed by atoms with van der Waals surface area (Å²) in [7, 11) is 0. The number of nitrogens with zero attached hydrogens (tertiary/aromatic N) is 1. The van der Waals surface area contributed by atoms with Gasteiger partial charge in [0.2, 0.25) is 0 Å². The van der Waals surface area contributed by atoms with Crippen molar-refractivity contribution in [2.75, 3.05) is 10.7 Å². The van der Waals surface area contributed by atoms with Gasteiger partial charge in [0.05, 0.1) is 11.3 Å². The predicted molar refractivity (Wildman–Crippen MR) is 75.9 cm³/mol. The molecule has 0 fully saturated rings. The first-order chi connectivity index (χ1) is 9.11. The maximum atomic E-state index is 12.2. The molecule has 98 valence electrons. The van der Waals surface area contributed by atoms with Crippen LogP contribution in [0.3, 0.4) is 0 Å². The van der Waals surface area contributed by atoms with Crippen LogP contribution >= 0.6 is 0 Å². The van der Waals surface area contributed by atoms with Gasteiger partial charge in [-0.05, 0) is 43.2 Å². The van der Waals surface area contributed by atoms with Crippen LogP contribution in [0.5, 0.6) is 0 Å². The minimum atomic E-state index is -0.241. The van der Waals surface area contributed by atoms with Crippen LogP contribution in [0.2, 0.25) is 0 Å². The van der Waals surface area contributed by atoms with Gasteiger partial charge in [0.15, 0.2) is 0 Å². The zero-order valence-electron chi connectivity index (χ0n) is 10.9. The summed E-state index contributed by atoms with van der Waals surface area (Å²) >= 11 is 0. The average molecular weight is 256 g/mol. The van der Waals surface area contributed by atoms with Crippen LogP contribution < -0.4 is 16.6 Å². The highest BCUT2D eigenvalue weighted by Crippen LogP contribution is 2.18.